The number of rotatable bonds is 6. The predicted octanol–water partition coefficient (Wildman–Crippen LogP) is 5.42. The van der Waals surface area contributed by atoms with E-state index in [9.17, 15) is 22.0 Å². The Morgan fingerprint density at radius 3 is 2.51 bits per heavy atom. The van der Waals surface area contributed by atoms with E-state index in [0.717, 1.165) is 33.5 Å². The summed E-state index contributed by atoms with van der Waals surface area (Å²) in [5, 5.41) is 0.554. The second-order valence-electron chi connectivity index (χ2n) is 9.16. The van der Waals surface area contributed by atoms with Gasteiger partial charge in [-0.25, -0.2) is 22.2 Å². The minimum Gasteiger partial charge on any atom is -0.467 e. The number of amides is 1. The van der Waals surface area contributed by atoms with Crippen molar-refractivity contribution >= 4 is 42.6 Å². The van der Waals surface area contributed by atoms with Crippen molar-refractivity contribution in [2.75, 3.05) is 18.0 Å². The maximum Gasteiger partial charge on any atom is 0.243 e. The third-order valence-electron chi connectivity index (χ3n) is 6.72. The van der Waals surface area contributed by atoms with Crippen LogP contribution in [0, 0.1) is 31.4 Å². The number of aryl methyl sites for hydroxylation is 2. The van der Waals surface area contributed by atoms with Crippen LogP contribution >= 0.6 is 11.3 Å². The van der Waals surface area contributed by atoms with Crippen LogP contribution < -0.4 is 4.90 Å². The lowest BCUT2D eigenvalue weighted by Crippen LogP contribution is -2.44. The quantitative estimate of drug-likeness (QED) is 0.323. The highest BCUT2D eigenvalue weighted by Crippen LogP contribution is 2.34. The van der Waals surface area contributed by atoms with Crippen molar-refractivity contribution < 1.29 is 26.4 Å². The van der Waals surface area contributed by atoms with Crippen LogP contribution in [0.3, 0.4) is 0 Å². The van der Waals surface area contributed by atoms with Crippen LogP contribution in [0.15, 0.2) is 58.0 Å². The van der Waals surface area contributed by atoms with E-state index in [2.05, 4.69) is 6.07 Å². The Balaban J connectivity index is 1.37. The standard InChI is InChI=1S/C26H25F2N3O4S2/c1-16-12-23-24(13-17(16)2)36-26(29-23)31(15-19-4-3-11-35-19)25(32)18-7-9-30(10-8-18)37(33,34)20-5-6-21(27)22(28)14-20/h3-6,11-14,18H,7-10,15H2,1-2H3. The molecule has 1 amide bonds. The molecule has 0 bridgehead atoms. The zero-order valence-corrected chi connectivity index (χ0v) is 21.9. The average molecular weight is 546 g/mol. The van der Waals surface area contributed by atoms with E-state index in [0.29, 0.717) is 29.8 Å². The average Bonchev–Trinajstić information content (AvgIpc) is 3.54. The third-order valence-corrected chi connectivity index (χ3v) is 9.65. The van der Waals surface area contributed by atoms with Gasteiger partial charge in [0.25, 0.3) is 0 Å². The molecule has 11 heteroatoms. The molecule has 194 valence electrons. The van der Waals surface area contributed by atoms with Crippen LogP contribution in [0.2, 0.25) is 0 Å². The van der Waals surface area contributed by atoms with Gasteiger partial charge in [0.15, 0.2) is 16.8 Å². The molecule has 7 nitrogen and oxygen atoms in total. The van der Waals surface area contributed by atoms with Gasteiger partial charge in [-0.2, -0.15) is 4.31 Å². The molecule has 1 fully saturated rings. The summed E-state index contributed by atoms with van der Waals surface area (Å²) in [7, 11) is -4.01. The minimum atomic E-state index is -4.01. The number of piperidine rings is 1. The Morgan fingerprint density at radius 1 is 1.11 bits per heavy atom. The van der Waals surface area contributed by atoms with Gasteiger partial charge in [-0.3, -0.25) is 9.69 Å². The minimum absolute atomic E-state index is 0.0879. The van der Waals surface area contributed by atoms with Gasteiger partial charge in [0, 0.05) is 19.0 Å². The van der Waals surface area contributed by atoms with Gasteiger partial charge in [0.1, 0.15) is 5.76 Å². The number of carbonyl (C=O) groups excluding carboxylic acids is 1. The maximum absolute atomic E-state index is 13.7. The summed E-state index contributed by atoms with van der Waals surface area (Å²) in [6.45, 7) is 4.43. The lowest BCUT2D eigenvalue weighted by molar-refractivity contribution is -0.123. The molecule has 1 saturated heterocycles. The number of carbonyl (C=O) groups is 1. The number of anilines is 1. The van der Waals surface area contributed by atoms with Crippen LogP contribution in [0.5, 0.6) is 0 Å². The fourth-order valence-corrected chi connectivity index (χ4v) is 6.96. The van der Waals surface area contributed by atoms with Crippen molar-refractivity contribution in [2.45, 2.75) is 38.1 Å². The topological polar surface area (TPSA) is 83.7 Å². The summed E-state index contributed by atoms with van der Waals surface area (Å²) >= 11 is 1.43. The van der Waals surface area contributed by atoms with Gasteiger partial charge < -0.3 is 4.42 Å². The number of halogens is 2. The first-order chi connectivity index (χ1) is 17.6. The number of sulfonamides is 1. The van der Waals surface area contributed by atoms with Crippen molar-refractivity contribution in [3.05, 3.63) is 77.2 Å². The van der Waals surface area contributed by atoms with E-state index < -0.39 is 27.6 Å². The monoisotopic (exact) mass is 545 g/mol. The van der Waals surface area contributed by atoms with E-state index >= 15 is 0 Å². The van der Waals surface area contributed by atoms with Crippen molar-refractivity contribution in [1.29, 1.82) is 0 Å². The number of thiazole rings is 1. The number of fused-ring (bicyclic) bond motifs is 1. The molecule has 0 unspecified atom stereocenters. The molecule has 0 radical (unpaired) electrons. The molecule has 5 rings (SSSR count). The molecule has 2 aromatic carbocycles. The van der Waals surface area contributed by atoms with Gasteiger partial charge in [-0.1, -0.05) is 11.3 Å². The molecule has 0 aliphatic carbocycles. The van der Waals surface area contributed by atoms with E-state index in [-0.39, 0.29) is 30.4 Å². The third kappa shape index (κ3) is 5.03. The fourth-order valence-electron chi connectivity index (χ4n) is 4.43. The maximum atomic E-state index is 13.7. The normalized spacial score (nSPS) is 15.4. The second-order valence-corrected chi connectivity index (χ2v) is 12.1. The van der Waals surface area contributed by atoms with Gasteiger partial charge >= 0.3 is 0 Å². The fraction of sp³-hybridized carbons (Fsp3) is 0.308. The Kier molecular flexibility index (Phi) is 6.86. The highest BCUT2D eigenvalue weighted by Gasteiger charge is 2.35. The Bertz CT molecular complexity index is 1520. The number of furan rings is 1. The summed E-state index contributed by atoms with van der Waals surface area (Å²) in [5.41, 5.74) is 3.07. The first kappa shape index (κ1) is 25.5. The molecule has 0 N–H and O–H groups in total. The van der Waals surface area contributed by atoms with Gasteiger partial charge in [0.2, 0.25) is 15.9 Å². The van der Waals surface area contributed by atoms with Crippen LogP contribution in [0.1, 0.15) is 29.7 Å². The molecule has 4 aromatic rings. The molecule has 3 heterocycles. The van der Waals surface area contributed by atoms with Gasteiger partial charge in [-0.15, -0.1) is 0 Å². The number of hydrogen-bond donors (Lipinski definition) is 0. The smallest absolute Gasteiger partial charge is 0.243 e. The molecule has 2 aromatic heterocycles. The van der Waals surface area contributed by atoms with Crippen molar-refractivity contribution in [3.63, 3.8) is 0 Å². The lowest BCUT2D eigenvalue weighted by Gasteiger charge is -2.32. The van der Waals surface area contributed by atoms with Crippen molar-refractivity contribution in [3.8, 4) is 0 Å². The first-order valence-corrected chi connectivity index (χ1v) is 14.1. The predicted molar refractivity (Wildman–Crippen MR) is 137 cm³/mol. The molecular weight excluding hydrogens is 520 g/mol. The summed E-state index contributed by atoms with van der Waals surface area (Å²) in [6.07, 6.45) is 2.13. The number of benzene rings is 2. The van der Waals surface area contributed by atoms with Crippen LogP contribution in [0.4, 0.5) is 13.9 Å². The number of nitrogens with zero attached hydrogens (tertiary/aromatic N) is 3. The Labute approximate surface area is 217 Å². The molecule has 1 aliphatic rings. The van der Waals surface area contributed by atoms with Crippen molar-refractivity contribution in [2.24, 2.45) is 5.92 Å². The highest BCUT2D eigenvalue weighted by molar-refractivity contribution is 7.89. The Morgan fingerprint density at radius 2 is 1.84 bits per heavy atom. The zero-order chi connectivity index (χ0) is 26.3. The van der Waals surface area contributed by atoms with E-state index in [1.807, 2.05) is 19.9 Å². The van der Waals surface area contributed by atoms with E-state index in [1.165, 1.54) is 15.6 Å². The first-order valence-electron chi connectivity index (χ1n) is 11.8. The molecular formula is C26H25F2N3O4S2. The number of hydrogen-bond acceptors (Lipinski definition) is 6. The van der Waals surface area contributed by atoms with Crippen molar-refractivity contribution in [1.82, 2.24) is 9.29 Å². The van der Waals surface area contributed by atoms with E-state index in [4.69, 9.17) is 9.40 Å². The van der Waals surface area contributed by atoms with Crippen LogP contribution in [-0.2, 0) is 21.4 Å². The van der Waals surface area contributed by atoms with Gasteiger partial charge in [-0.05, 0) is 80.3 Å². The zero-order valence-electron chi connectivity index (χ0n) is 20.3. The SMILES string of the molecule is Cc1cc2nc(N(Cc3ccco3)C(=O)C3CCN(S(=O)(=O)c4ccc(F)c(F)c4)CC3)sc2cc1C. The second kappa shape index (κ2) is 9.96. The van der Waals surface area contributed by atoms with Gasteiger partial charge in [0.05, 0.1) is 27.9 Å². The van der Waals surface area contributed by atoms with Crippen LogP contribution in [0.25, 0.3) is 10.2 Å². The molecule has 0 saturated carbocycles. The number of aromatic nitrogens is 1. The largest absolute Gasteiger partial charge is 0.467 e. The molecule has 0 atom stereocenters. The lowest BCUT2D eigenvalue weighted by atomic mass is 9.96. The summed E-state index contributed by atoms with van der Waals surface area (Å²) in [5.74, 6) is -2.31. The van der Waals surface area contributed by atoms with Crippen LogP contribution in [-0.4, -0.2) is 36.7 Å². The highest BCUT2D eigenvalue weighted by atomic mass is 32.2. The molecule has 1 aliphatic heterocycles. The Hall–Kier alpha value is -3.15. The summed E-state index contributed by atoms with van der Waals surface area (Å²) < 4.78 is 60.6. The summed E-state index contributed by atoms with van der Waals surface area (Å²) in [6, 6.07) is 10.1. The molecule has 37 heavy (non-hydrogen) atoms. The summed E-state index contributed by atoms with van der Waals surface area (Å²) in [4.78, 5) is 19.8. The molecule has 0 spiro atoms. The van der Waals surface area contributed by atoms with E-state index in [1.54, 1.807) is 23.3 Å².